The fourth-order valence-electron chi connectivity index (χ4n) is 10.3. The third kappa shape index (κ3) is 4.87. The van der Waals surface area contributed by atoms with Crippen molar-refractivity contribution in [3.8, 4) is 0 Å². The molecule has 8 nitrogen and oxygen atoms in total. The van der Waals surface area contributed by atoms with E-state index in [1.165, 1.54) is 6.42 Å². The second-order valence-corrected chi connectivity index (χ2v) is 13.9. The lowest BCUT2D eigenvalue weighted by Crippen LogP contribution is -2.68. The molecule has 8 aliphatic carbocycles. The predicted octanol–water partition coefficient (Wildman–Crippen LogP) is 4.10. The van der Waals surface area contributed by atoms with Crippen LogP contribution in [-0.2, 0) is 33.3 Å². The van der Waals surface area contributed by atoms with Crippen molar-refractivity contribution in [3.63, 3.8) is 0 Å². The van der Waals surface area contributed by atoms with Crippen molar-refractivity contribution < 1.29 is 47.2 Å². The van der Waals surface area contributed by atoms with Crippen molar-refractivity contribution in [2.24, 2.45) is 29.6 Å². The fourth-order valence-corrected chi connectivity index (χ4v) is 10.3. The Balaban J connectivity index is 1.10. The number of esters is 3. The molecular weight excluding hydrogens is 514 g/mol. The molecule has 8 fully saturated rings. The van der Waals surface area contributed by atoms with E-state index in [0.29, 0.717) is 44.4 Å². The number of rotatable bonds is 9. The number of carbonyl (C=O) groups excluding carboxylic acids is 3. The number of hydrogen-bond acceptors (Lipinski definition) is 8. The first-order valence-corrected chi connectivity index (χ1v) is 14.6. The van der Waals surface area contributed by atoms with Crippen LogP contribution in [0.3, 0.4) is 0 Å². The van der Waals surface area contributed by atoms with Crippen molar-refractivity contribution in [3.05, 3.63) is 0 Å². The molecule has 0 aromatic rings. The minimum atomic E-state index is -3.71. The lowest BCUT2D eigenvalue weighted by Gasteiger charge is -2.63. The van der Waals surface area contributed by atoms with Crippen LogP contribution in [0.2, 0.25) is 0 Å². The minimum Gasteiger partial charge on any atom is -0.457 e. The van der Waals surface area contributed by atoms with Gasteiger partial charge in [0.05, 0.1) is 11.2 Å². The van der Waals surface area contributed by atoms with E-state index in [4.69, 9.17) is 14.2 Å². The van der Waals surface area contributed by atoms with Gasteiger partial charge >= 0.3 is 23.8 Å². The van der Waals surface area contributed by atoms with Crippen molar-refractivity contribution in [2.75, 3.05) is 13.2 Å². The molecule has 0 aliphatic heterocycles. The van der Waals surface area contributed by atoms with Crippen LogP contribution in [0, 0.1) is 29.6 Å². The highest BCUT2D eigenvalue weighted by molar-refractivity contribution is 5.80. The van der Waals surface area contributed by atoms with Gasteiger partial charge in [0.25, 0.3) is 0 Å². The highest BCUT2D eigenvalue weighted by Gasteiger charge is 2.66. The van der Waals surface area contributed by atoms with Crippen LogP contribution in [-0.4, -0.2) is 64.6 Å². The smallest absolute Gasteiger partial charge is 0.377 e. The second-order valence-electron chi connectivity index (χ2n) is 13.9. The van der Waals surface area contributed by atoms with Crippen molar-refractivity contribution in [2.45, 2.75) is 119 Å². The SMILES string of the molecule is CCC1(OC(=O)COC23CC4CC(O)(C2)CC(OC(=O)COC(=O)C(C)(F)F)(C4)C3)C2CC3CC(C2)CC1C3. The number of halogens is 2. The van der Waals surface area contributed by atoms with Gasteiger partial charge in [-0.2, -0.15) is 8.78 Å². The summed E-state index contributed by atoms with van der Waals surface area (Å²) in [7, 11) is 0. The first-order valence-electron chi connectivity index (χ1n) is 14.6. The van der Waals surface area contributed by atoms with Crippen LogP contribution in [0.15, 0.2) is 0 Å². The monoisotopic (exact) mass is 554 g/mol. The lowest BCUT2D eigenvalue weighted by molar-refractivity contribution is -0.277. The van der Waals surface area contributed by atoms with E-state index < -0.39 is 46.9 Å². The van der Waals surface area contributed by atoms with Gasteiger partial charge < -0.3 is 24.1 Å². The van der Waals surface area contributed by atoms with E-state index in [9.17, 15) is 28.3 Å². The molecule has 8 aliphatic rings. The Morgan fingerprint density at radius 1 is 0.821 bits per heavy atom. The zero-order chi connectivity index (χ0) is 27.8. The van der Waals surface area contributed by atoms with Gasteiger partial charge in [0.1, 0.15) is 17.8 Å². The van der Waals surface area contributed by atoms with Crippen LogP contribution >= 0.6 is 0 Å². The van der Waals surface area contributed by atoms with Crippen molar-refractivity contribution >= 4 is 17.9 Å². The zero-order valence-electron chi connectivity index (χ0n) is 22.8. The standard InChI is InChI=1S/C29H40F2O8/c1-3-29(20-5-17-4-18(7-20)8-21(29)6-17)39-23(33)13-37-27-10-19-9-26(35,14-27)15-28(11-19,16-27)38-22(32)12-36-24(34)25(2,30)31/h17-21,35H,3-16H2,1-2H3. The molecule has 8 rings (SSSR count). The summed E-state index contributed by atoms with van der Waals surface area (Å²) in [4.78, 5) is 37.1. The van der Waals surface area contributed by atoms with Crippen LogP contribution in [0.1, 0.15) is 90.9 Å². The highest BCUT2D eigenvalue weighted by atomic mass is 19.3. The van der Waals surface area contributed by atoms with Gasteiger partial charge in [-0.1, -0.05) is 6.92 Å². The first-order chi connectivity index (χ1) is 18.2. The summed E-state index contributed by atoms with van der Waals surface area (Å²) in [5.74, 6) is -4.48. The summed E-state index contributed by atoms with van der Waals surface area (Å²) in [6.45, 7) is 1.34. The number of ether oxygens (including phenoxy) is 4. The molecule has 10 heteroatoms. The fraction of sp³-hybridized carbons (Fsp3) is 0.897. The van der Waals surface area contributed by atoms with Gasteiger partial charge in [-0.25, -0.2) is 14.4 Å². The number of carbonyl (C=O) groups is 3. The maximum absolute atomic E-state index is 13.3. The maximum Gasteiger partial charge on any atom is 0.377 e. The number of aliphatic hydroxyl groups is 1. The molecule has 0 aromatic carbocycles. The molecule has 0 radical (unpaired) electrons. The average Bonchev–Trinajstić information content (AvgIpc) is 2.81. The Hall–Kier alpha value is -1.81. The van der Waals surface area contributed by atoms with Crippen LogP contribution < -0.4 is 0 Å². The van der Waals surface area contributed by atoms with E-state index in [0.717, 1.165) is 43.9 Å². The summed E-state index contributed by atoms with van der Waals surface area (Å²) < 4.78 is 48.9. The van der Waals surface area contributed by atoms with Gasteiger partial charge in [-0.3, -0.25) is 0 Å². The molecule has 218 valence electrons. The van der Waals surface area contributed by atoms with E-state index in [-0.39, 0.29) is 31.3 Å². The molecule has 8 saturated carbocycles. The van der Waals surface area contributed by atoms with Gasteiger partial charge in [-0.15, -0.1) is 0 Å². The molecule has 0 aromatic heterocycles. The highest BCUT2D eigenvalue weighted by Crippen LogP contribution is 2.63. The number of hydrogen-bond donors (Lipinski definition) is 1. The van der Waals surface area contributed by atoms with Gasteiger partial charge in [0, 0.05) is 26.2 Å². The quantitative estimate of drug-likeness (QED) is 0.335. The summed E-state index contributed by atoms with van der Waals surface area (Å²) in [5.41, 5.74) is -3.47. The van der Waals surface area contributed by atoms with E-state index in [1.54, 1.807) is 0 Å². The molecule has 0 amide bonds. The molecule has 0 heterocycles. The van der Waals surface area contributed by atoms with Crippen molar-refractivity contribution in [1.29, 1.82) is 0 Å². The average molecular weight is 555 g/mol. The molecule has 4 atom stereocenters. The van der Waals surface area contributed by atoms with Gasteiger partial charge in [0.2, 0.25) is 0 Å². The van der Waals surface area contributed by atoms with E-state index in [2.05, 4.69) is 11.7 Å². The molecule has 8 bridgehead atoms. The zero-order valence-corrected chi connectivity index (χ0v) is 22.8. The van der Waals surface area contributed by atoms with E-state index in [1.807, 2.05) is 0 Å². The maximum atomic E-state index is 13.3. The van der Waals surface area contributed by atoms with Crippen LogP contribution in [0.4, 0.5) is 8.78 Å². The molecule has 4 unspecified atom stereocenters. The lowest BCUT2D eigenvalue weighted by atomic mass is 9.49. The summed E-state index contributed by atoms with van der Waals surface area (Å²) in [6.07, 6.45) is 9.12. The Kier molecular flexibility index (Phi) is 6.38. The summed E-state index contributed by atoms with van der Waals surface area (Å²) in [5, 5.41) is 11.3. The van der Waals surface area contributed by atoms with Crippen LogP contribution in [0.25, 0.3) is 0 Å². The molecule has 0 saturated heterocycles. The molecular formula is C29H40F2O8. The molecule has 39 heavy (non-hydrogen) atoms. The topological polar surface area (TPSA) is 108 Å². The minimum absolute atomic E-state index is 0.0176. The Bertz CT molecular complexity index is 1010. The summed E-state index contributed by atoms with van der Waals surface area (Å²) in [6, 6.07) is 0. The van der Waals surface area contributed by atoms with Crippen molar-refractivity contribution in [1.82, 2.24) is 0 Å². The van der Waals surface area contributed by atoms with Crippen LogP contribution in [0.5, 0.6) is 0 Å². The summed E-state index contributed by atoms with van der Waals surface area (Å²) >= 11 is 0. The van der Waals surface area contributed by atoms with Gasteiger partial charge in [-0.05, 0) is 87.4 Å². The second kappa shape index (κ2) is 9.10. The predicted molar refractivity (Wildman–Crippen MR) is 131 cm³/mol. The third-order valence-electron chi connectivity index (χ3n) is 10.8. The molecule has 0 spiro atoms. The Morgan fingerprint density at radius 2 is 1.41 bits per heavy atom. The third-order valence-corrected chi connectivity index (χ3v) is 10.8. The normalized spacial score (nSPS) is 45.3. The Morgan fingerprint density at radius 3 is 2.00 bits per heavy atom. The number of alkyl halides is 2. The first kappa shape index (κ1) is 27.4. The Labute approximate surface area is 227 Å². The molecule has 1 N–H and O–H groups in total. The van der Waals surface area contributed by atoms with Gasteiger partial charge in [0.15, 0.2) is 6.61 Å². The largest absolute Gasteiger partial charge is 0.457 e. The van der Waals surface area contributed by atoms with E-state index >= 15 is 0 Å².